The average Bonchev–Trinajstić information content (AvgIpc) is 2.21. The number of thiophene rings is 2. The van der Waals surface area contributed by atoms with Crippen molar-refractivity contribution in [2.75, 3.05) is 0 Å². The lowest BCUT2D eigenvalue weighted by Crippen LogP contribution is -1.51. The summed E-state index contributed by atoms with van der Waals surface area (Å²) in [5.74, 6) is 0. The molecule has 0 N–H and O–H groups in total. The second-order valence-corrected chi connectivity index (χ2v) is 5.23. The average molecular weight is 168 g/mol. The fraction of sp³-hybridized carbons (Fsp3) is 0.250. The Bertz CT molecular complexity index is 291. The summed E-state index contributed by atoms with van der Waals surface area (Å²) in [5.41, 5.74) is 0. The molecule has 2 aromatic heterocycles. The maximum atomic E-state index is 2.25. The van der Waals surface area contributed by atoms with Gasteiger partial charge in [-0.3, -0.25) is 0 Å². The third-order valence-corrected chi connectivity index (χ3v) is 3.68. The van der Waals surface area contributed by atoms with Gasteiger partial charge in [0.15, 0.2) is 0 Å². The lowest BCUT2D eigenvalue weighted by atomic mass is 10.3. The summed E-state index contributed by atoms with van der Waals surface area (Å²) in [5, 5.41) is 1.42. The first-order chi connectivity index (χ1) is 4.75. The lowest BCUT2D eigenvalue weighted by molar-refractivity contribution is 1.63. The van der Waals surface area contributed by atoms with Crippen LogP contribution in [0, 0.1) is 13.8 Å². The van der Waals surface area contributed by atoms with Gasteiger partial charge in [0, 0.05) is 15.1 Å². The Morgan fingerprint density at radius 2 is 1.50 bits per heavy atom. The van der Waals surface area contributed by atoms with Crippen LogP contribution in [0.25, 0.3) is 9.40 Å². The molecule has 2 aromatic rings. The van der Waals surface area contributed by atoms with Crippen LogP contribution in [0.4, 0.5) is 0 Å². The topological polar surface area (TPSA) is 0 Å². The minimum absolute atomic E-state index is 1.42. The molecule has 52 valence electrons. The zero-order chi connectivity index (χ0) is 7.14. The van der Waals surface area contributed by atoms with Crippen molar-refractivity contribution >= 4 is 32.1 Å². The van der Waals surface area contributed by atoms with E-state index in [1.54, 1.807) is 0 Å². The molecule has 0 fully saturated rings. The van der Waals surface area contributed by atoms with Gasteiger partial charge in [0.1, 0.15) is 0 Å². The molecule has 0 nitrogen and oxygen atoms in total. The molecule has 0 radical (unpaired) electrons. The van der Waals surface area contributed by atoms with Crippen LogP contribution in [0.3, 0.4) is 0 Å². The Morgan fingerprint density at radius 3 is 1.90 bits per heavy atom. The van der Waals surface area contributed by atoms with Gasteiger partial charge in [-0.25, -0.2) is 0 Å². The van der Waals surface area contributed by atoms with Crippen LogP contribution in [0.1, 0.15) is 9.75 Å². The Balaban J connectivity index is 2.83. The number of aryl methyl sites for hydroxylation is 2. The molecule has 0 saturated carbocycles. The van der Waals surface area contributed by atoms with Crippen LogP contribution >= 0.6 is 22.7 Å². The van der Waals surface area contributed by atoms with Crippen LogP contribution in [-0.4, -0.2) is 0 Å². The van der Waals surface area contributed by atoms with Gasteiger partial charge in [0.25, 0.3) is 0 Å². The van der Waals surface area contributed by atoms with E-state index in [1.165, 1.54) is 19.2 Å². The highest BCUT2D eigenvalue weighted by Crippen LogP contribution is 2.32. The summed E-state index contributed by atoms with van der Waals surface area (Å²) >= 11 is 3.78. The van der Waals surface area contributed by atoms with E-state index in [0.717, 1.165) is 0 Å². The SMILES string of the molecule is Cc1cc2cc(C)sc2s1. The van der Waals surface area contributed by atoms with E-state index in [1.807, 2.05) is 22.7 Å². The van der Waals surface area contributed by atoms with Crippen molar-refractivity contribution < 1.29 is 0 Å². The summed E-state index contributed by atoms with van der Waals surface area (Å²) in [6.45, 7) is 4.32. The predicted octanol–water partition coefficient (Wildman–Crippen LogP) is 3.58. The largest absolute Gasteiger partial charge is 0.130 e. The molecular weight excluding hydrogens is 160 g/mol. The van der Waals surface area contributed by atoms with Gasteiger partial charge in [-0.2, -0.15) is 0 Å². The molecule has 0 aliphatic carbocycles. The molecule has 2 rings (SSSR count). The summed E-state index contributed by atoms with van der Waals surface area (Å²) in [7, 11) is 0. The second kappa shape index (κ2) is 2.07. The Labute approximate surface area is 68.1 Å². The summed E-state index contributed by atoms with van der Waals surface area (Å²) in [4.78, 5) is 2.84. The predicted molar refractivity (Wildman–Crippen MR) is 49.2 cm³/mol. The monoisotopic (exact) mass is 168 g/mol. The fourth-order valence-electron chi connectivity index (χ4n) is 1.09. The molecule has 2 heterocycles. The standard InChI is InChI=1S/C8H8S2/c1-5-3-7-4-6(2)10-8(7)9-5/h3-4H,1-2H3. The van der Waals surface area contributed by atoms with Crippen LogP contribution in [0.5, 0.6) is 0 Å². The van der Waals surface area contributed by atoms with Crippen LogP contribution in [0.15, 0.2) is 12.1 Å². The normalized spacial score (nSPS) is 11.0. The first kappa shape index (κ1) is 6.38. The van der Waals surface area contributed by atoms with Gasteiger partial charge in [0.2, 0.25) is 0 Å². The smallest absolute Gasteiger partial charge is 0.0870 e. The lowest BCUT2D eigenvalue weighted by Gasteiger charge is -1.74. The Kier molecular flexibility index (Phi) is 1.32. The quantitative estimate of drug-likeness (QED) is 0.564. The molecule has 0 spiro atoms. The van der Waals surface area contributed by atoms with E-state index in [0.29, 0.717) is 0 Å². The van der Waals surface area contributed by atoms with Crippen molar-refractivity contribution in [3.05, 3.63) is 21.9 Å². The first-order valence-corrected chi connectivity index (χ1v) is 4.85. The Morgan fingerprint density at radius 1 is 1.00 bits per heavy atom. The summed E-state index contributed by atoms with van der Waals surface area (Å²) in [6, 6.07) is 4.51. The van der Waals surface area contributed by atoms with E-state index in [-0.39, 0.29) is 0 Å². The van der Waals surface area contributed by atoms with Crippen LogP contribution in [-0.2, 0) is 0 Å². The molecular formula is C8H8S2. The van der Waals surface area contributed by atoms with E-state index >= 15 is 0 Å². The number of rotatable bonds is 0. The van der Waals surface area contributed by atoms with Gasteiger partial charge in [-0.05, 0) is 26.0 Å². The van der Waals surface area contributed by atoms with Crippen molar-refractivity contribution in [1.29, 1.82) is 0 Å². The zero-order valence-electron chi connectivity index (χ0n) is 5.97. The molecule has 0 aliphatic rings. The van der Waals surface area contributed by atoms with Crippen molar-refractivity contribution in [2.45, 2.75) is 13.8 Å². The molecule has 0 aliphatic heterocycles. The highest BCUT2D eigenvalue weighted by Gasteiger charge is 2.00. The zero-order valence-corrected chi connectivity index (χ0v) is 7.60. The molecule has 2 heteroatoms. The maximum Gasteiger partial charge on any atom is 0.0870 e. The molecule has 0 unspecified atom stereocenters. The van der Waals surface area contributed by atoms with Crippen molar-refractivity contribution in [2.24, 2.45) is 0 Å². The minimum Gasteiger partial charge on any atom is -0.130 e. The van der Waals surface area contributed by atoms with Gasteiger partial charge < -0.3 is 0 Å². The van der Waals surface area contributed by atoms with Crippen LogP contribution in [0.2, 0.25) is 0 Å². The number of hydrogen-bond acceptors (Lipinski definition) is 2. The molecule has 0 amide bonds. The first-order valence-electron chi connectivity index (χ1n) is 3.22. The van der Waals surface area contributed by atoms with Crippen molar-refractivity contribution in [3.8, 4) is 0 Å². The molecule has 10 heavy (non-hydrogen) atoms. The summed E-state index contributed by atoms with van der Waals surface area (Å²) in [6.07, 6.45) is 0. The number of hydrogen-bond donors (Lipinski definition) is 0. The van der Waals surface area contributed by atoms with E-state index < -0.39 is 0 Å². The van der Waals surface area contributed by atoms with Gasteiger partial charge in [0.05, 0.1) is 4.01 Å². The fourth-order valence-corrected chi connectivity index (χ4v) is 3.47. The Hall–Kier alpha value is -0.340. The van der Waals surface area contributed by atoms with E-state index in [4.69, 9.17) is 0 Å². The minimum atomic E-state index is 1.42. The van der Waals surface area contributed by atoms with Crippen molar-refractivity contribution in [1.82, 2.24) is 0 Å². The number of fused-ring (bicyclic) bond motifs is 1. The second-order valence-electron chi connectivity index (χ2n) is 2.46. The molecule has 0 aromatic carbocycles. The maximum absolute atomic E-state index is 2.25. The molecule has 0 atom stereocenters. The van der Waals surface area contributed by atoms with Crippen molar-refractivity contribution in [3.63, 3.8) is 0 Å². The van der Waals surface area contributed by atoms with Gasteiger partial charge >= 0.3 is 0 Å². The van der Waals surface area contributed by atoms with Gasteiger partial charge in [-0.15, -0.1) is 22.7 Å². The van der Waals surface area contributed by atoms with E-state index in [9.17, 15) is 0 Å². The highest BCUT2D eigenvalue weighted by atomic mass is 32.2. The molecule has 0 saturated heterocycles. The highest BCUT2D eigenvalue weighted by molar-refractivity contribution is 7.38. The summed E-state index contributed by atoms with van der Waals surface area (Å²) < 4.78 is 1.47. The third kappa shape index (κ3) is 0.879. The third-order valence-electron chi connectivity index (χ3n) is 1.46. The van der Waals surface area contributed by atoms with E-state index in [2.05, 4.69) is 26.0 Å². The van der Waals surface area contributed by atoms with Gasteiger partial charge in [-0.1, -0.05) is 0 Å². The van der Waals surface area contributed by atoms with Crippen LogP contribution < -0.4 is 0 Å². The molecule has 0 bridgehead atoms.